The third kappa shape index (κ3) is 8.97. The van der Waals surface area contributed by atoms with Crippen LogP contribution in [0.4, 0.5) is 0 Å². The Morgan fingerprint density at radius 2 is 2.14 bits per heavy atom. The van der Waals surface area contributed by atoms with Crippen LogP contribution in [0.1, 0.15) is 39.5 Å². The van der Waals surface area contributed by atoms with Crippen molar-refractivity contribution in [3.05, 3.63) is 29.0 Å². The van der Waals surface area contributed by atoms with Gasteiger partial charge in [-0.25, -0.2) is 0 Å². The van der Waals surface area contributed by atoms with Crippen molar-refractivity contribution < 1.29 is 0 Å². The minimum atomic E-state index is 0.494. The Bertz CT molecular complexity index is 197. The average Bonchev–Trinajstić information content (AvgIpc) is 2.21. The Morgan fingerprint density at radius 1 is 1.36 bits per heavy atom. The van der Waals surface area contributed by atoms with Gasteiger partial charge in [0.15, 0.2) is 0 Å². The van der Waals surface area contributed by atoms with Crippen LogP contribution in [0.2, 0.25) is 0 Å². The summed E-state index contributed by atoms with van der Waals surface area (Å²) in [4.78, 5) is 9.97. The zero-order valence-electron chi connectivity index (χ0n) is 9.12. The molecule has 0 amide bonds. The molecule has 0 fully saturated rings. The Balaban J connectivity index is 3.31. The van der Waals surface area contributed by atoms with Gasteiger partial charge in [-0.1, -0.05) is 26.2 Å². The van der Waals surface area contributed by atoms with Crippen LogP contribution in [0.5, 0.6) is 0 Å². The van der Waals surface area contributed by atoms with Gasteiger partial charge in [0.2, 0.25) is 0 Å². The molecule has 0 rings (SSSR count). The third-order valence-corrected chi connectivity index (χ3v) is 1.87. The van der Waals surface area contributed by atoms with Crippen molar-refractivity contribution in [2.45, 2.75) is 39.5 Å². The first-order valence-electron chi connectivity index (χ1n) is 5.21. The smallest absolute Gasteiger partial charge is 0.0818 e. The molecule has 0 aliphatic heterocycles. The van der Waals surface area contributed by atoms with E-state index in [0.29, 0.717) is 5.70 Å². The van der Waals surface area contributed by atoms with E-state index in [2.05, 4.69) is 17.4 Å². The highest BCUT2D eigenvalue weighted by Gasteiger charge is 1.84. The summed E-state index contributed by atoms with van der Waals surface area (Å²) in [5.41, 5.74) is 0.494. The van der Waals surface area contributed by atoms with Gasteiger partial charge in [-0.3, -0.25) is 0 Å². The first kappa shape index (κ1) is 12.9. The average molecular weight is 196 g/mol. The lowest BCUT2D eigenvalue weighted by Gasteiger charge is -1.98. The fourth-order valence-electron chi connectivity index (χ4n) is 1.02. The maximum absolute atomic E-state index is 9.97. The Morgan fingerprint density at radius 3 is 2.79 bits per heavy atom. The Kier molecular flexibility index (Phi) is 9.17. The molecule has 0 saturated carbocycles. The number of unbranched alkanes of at least 4 members (excludes halogenated alkanes) is 3. The van der Waals surface area contributed by atoms with Crippen molar-refractivity contribution in [3.63, 3.8) is 0 Å². The summed E-state index contributed by atoms with van der Waals surface area (Å²) in [6.45, 7) is 4.88. The molecule has 0 aromatic heterocycles. The lowest BCUT2D eigenvalue weighted by molar-refractivity contribution is 0.646. The quantitative estimate of drug-likeness (QED) is 0.367. The van der Waals surface area contributed by atoms with E-state index < -0.39 is 0 Å². The maximum Gasteiger partial charge on any atom is 0.0818 e. The zero-order chi connectivity index (χ0) is 10.6. The van der Waals surface area contributed by atoms with E-state index in [1.54, 1.807) is 19.1 Å². The molecule has 80 valence electrons. The van der Waals surface area contributed by atoms with Crippen LogP contribution in [-0.2, 0) is 0 Å². The standard InChI is InChI=1S/C11H20N2O/c1-3-4-5-6-9-12-10-7-8-11(2)13-14/h7-8,10,12H,3-6,9H2,1-2H3/b10-7+,11-8+. The van der Waals surface area contributed by atoms with Gasteiger partial charge in [-0.05, 0) is 36.9 Å². The second kappa shape index (κ2) is 9.96. The molecule has 0 aromatic rings. The van der Waals surface area contributed by atoms with Gasteiger partial charge in [-0.15, -0.1) is 4.91 Å². The van der Waals surface area contributed by atoms with E-state index in [9.17, 15) is 4.91 Å². The van der Waals surface area contributed by atoms with Crippen LogP contribution in [0.25, 0.3) is 0 Å². The highest BCUT2D eigenvalue weighted by atomic mass is 16.3. The van der Waals surface area contributed by atoms with Crippen molar-refractivity contribution >= 4 is 0 Å². The molecule has 0 aliphatic carbocycles. The fraction of sp³-hybridized carbons (Fsp3) is 0.636. The van der Waals surface area contributed by atoms with Crippen LogP contribution < -0.4 is 5.32 Å². The number of allylic oxidation sites excluding steroid dienone is 3. The van der Waals surface area contributed by atoms with Crippen molar-refractivity contribution in [1.82, 2.24) is 5.32 Å². The Hall–Kier alpha value is -1.12. The molecule has 0 radical (unpaired) electrons. The number of nitrogens with zero attached hydrogens (tertiary/aromatic N) is 1. The van der Waals surface area contributed by atoms with Crippen LogP contribution in [0.15, 0.2) is 29.2 Å². The molecule has 0 heterocycles. The van der Waals surface area contributed by atoms with Crippen molar-refractivity contribution in [1.29, 1.82) is 0 Å². The van der Waals surface area contributed by atoms with Gasteiger partial charge < -0.3 is 5.32 Å². The Labute approximate surface area is 86.3 Å². The molecular formula is C11H20N2O. The summed E-state index contributed by atoms with van der Waals surface area (Å²) in [6.07, 6.45) is 10.4. The van der Waals surface area contributed by atoms with Crippen molar-refractivity contribution in [2.75, 3.05) is 6.54 Å². The molecule has 3 heteroatoms. The second-order valence-electron chi connectivity index (χ2n) is 3.27. The molecule has 0 spiro atoms. The molecule has 14 heavy (non-hydrogen) atoms. The lowest BCUT2D eigenvalue weighted by Crippen LogP contribution is -2.06. The molecule has 3 nitrogen and oxygen atoms in total. The summed E-state index contributed by atoms with van der Waals surface area (Å²) in [5.74, 6) is 0. The SMILES string of the molecule is CCCCCCN/C=C/C=C(\C)N=O. The maximum atomic E-state index is 9.97. The predicted octanol–water partition coefficient (Wildman–Crippen LogP) is 3.34. The topological polar surface area (TPSA) is 41.5 Å². The van der Waals surface area contributed by atoms with Crippen LogP contribution in [0.3, 0.4) is 0 Å². The lowest BCUT2D eigenvalue weighted by atomic mass is 10.2. The van der Waals surface area contributed by atoms with Crippen LogP contribution in [0, 0.1) is 4.91 Å². The van der Waals surface area contributed by atoms with Crippen molar-refractivity contribution in [2.24, 2.45) is 5.18 Å². The van der Waals surface area contributed by atoms with E-state index in [1.165, 1.54) is 25.7 Å². The van der Waals surface area contributed by atoms with Gasteiger partial charge in [0.05, 0.1) is 5.70 Å². The molecule has 0 atom stereocenters. The normalized spacial score (nSPS) is 12.0. The van der Waals surface area contributed by atoms with Crippen LogP contribution in [-0.4, -0.2) is 6.54 Å². The summed E-state index contributed by atoms with van der Waals surface area (Å²) in [6, 6.07) is 0. The number of nitrogens with one attached hydrogen (secondary N) is 1. The number of hydrogen-bond donors (Lipinski definition) is 1. The molecular weight excluding hydrogens is 176 g/mol. The number of rotatable bonds is 8. The largest absolute Gasteiger partial charge is 0.391 e. The van der Waals surface area contributed by atoms with E-state index >= 15 is 0 Å². The summed E-state index contributed by atoms with van der Waals surface area (Å²) >= 11 is 0. The molecule has 0 bridgehead atoms. The number of hydrogen-bond acceptors (Lipinski definition) is 3. The first-order chi connectivity index (χ1) is 6.81. The number of nitroso groups, excluding NO2 is 1. The highest BCUT2D eigenvalue weighted by Crippen LogP contribution is 1.97. The van der Waals surface area contributed by atoms with Gasteiger partial charge in [0.25, 0.3) is 0 Å². The second-order valence-corrected chi connectivity index (χ2v) is 3.27. The molecule has 0 aromatic carbocycles. The highest BCUT2D eigenvalue weighted by molar-refractivity contribution is 5.08. The van der Waals surface area contributed by atoms with E-state index in [1.807, 2.05) is 6.20 Å². The fourth-order valence-corrected chi connectivity index (χ4v) is 1.02. The minimum absolute atomic E-state index is 0.494. The van der Waals surface area contributed by atoms with Gasteiger partial charge in [0, 0.05) is 6.54 Å². The summed E-state index contributed by atoms with van der Waals surface area (Å²) in [5, 5.41) is 5.93. The minimum Gasteiger partial charge on any atom is -0.391 e. The van der Waals surface area contributed by atoms with E-state index in [0.717, 1.165) is 6.54 Å². The van der Waals surface area contributed by atoms with Gasteiger partial charge in [-0.2, -0.15) is 0 Å². The van der Waals surface area contributed by atoms with Crippen molar-refractivity contribution in [3.8, 4) is 0 Å². The summed E-state index contributed by atoms with van der Waals surface area (Å²) < 4.78 is 0. The van der Waals surface area contributed by atoms with Crippen LogP contribution >= 0.6 is 0 Å². The monoisotopic (exact) mass is 196 g/mol. The summed E-state index contributed by atoms with van der Waals surface area (Å²) in [7, 11) is 0. The molecule has 1 N–H and O–H groups in total. The zero-order valence-corrected chi connectivity index (χ0v) is 9.12. The molecule has 0 aliphatic rings. The molecule has 0 unspecified atom stereocenters. The van der Waals surface area contributed by atoms with E-state index in [-0.39, 0.29) is 0 Å². The van der Waals surface area contributed by atoms with Gasteiger partial charge in [0.1, 0.15) is 0 Å². The first-order valence-corrected chi connectivity index (χ1v) is 5.21. The predicted molar refractivity (Wildman–Crippen MR) is 60.8 cm³/mol. The third-order valence-electron chi connectivity index (χ3n) is 1.87. The molecule has 0 saturated heterocycles. The van der Waals surface area contributed by atoms with Gasteiger partial charge >= 0.3 is 0 Å². The van der Waals surface area contributed by atoms with E-state index in [4.69, 9.17) is 0 Å².